The lowest BCUT2D eigenvalue weighted by Gasteiger charge is -2.36. The smallest absolute Gasteiger partial charge is 0.251 e. The van der Waals surface area contributed by atoms with E-state index < -0.39 is 0 Å². The number of hydrogen-bond acceptors (Lipinski definition) is 3. The number of carbonyl (C=O) groups is 1. The molecule has 0 saturated carbocycles. The van der Waals surface area contributed by atoms with Crippen LogP contribution < -0.4 is 10.1 Å². The average Bonchev–Trinajstić information content (AvgIpc) is 2.53. The van der Waals surface area contributed by atoms with Crippen LogP contribution in [0.25, 0.3) is 0 Å². The van der Waals surface area contributed by atoms with Crippen LogP contribution in [0.5, 0.6) is 5.75 Å². The number of amides is 1. The molecular formula is C16H23NO3. The van der Waals surface area contributed by atoms with Crippen LogP contribution in [0.15, 0.2) is 24.3 Å². The summed E-state index contributed by atoms with van der Waals surface area (Å²) in [5.41, 5.74) is 0.829. The molecule has 1 fully saturated rings. The van der Waals surface area contributed by atoms with Gasteiger partial charge in [-0.3, -0.25) is 4.79 Å². The van der Waals surface area contributed by atoms with E-state index in [0.717, 1.165) is 32.5 Å². The minimum atomic E-state index is -0.0387. The van der Waals surface area contributed by atoms with E-state index in [0.29, 0.717) is 17.9 Å². The van der Waals surface area contributed by atoms with Gasteiger partial charge in [0.1, 0.15) is 5.75 Å². The average molecular weight is 277 g/mol. The lowest BCUT2D eigenvalue weighted by Crippen LogP contribution is -2.41. The molecule has 0 spiro atoms. The third kappa shape index (κ3) is 3.51. The van der Waals surface area contributed by atoms with E-state index in [1.54, 1.807) is 19.2 Å². The predicted octanol–water partition coefficient (Wildman–Crippen LogP) is 2.63. The summed E-state index contributed by atoms with van der Waals surface area (Å²) in [5, 5.41) is 3.06. The largest absolute Gasteiger partial charge is 0.497 e. The molecule has 0 atom stereocenters. The summed E-state index contributed by atoms with van der Waals surface area (Å²) in [6, 6.07) is 7.24. The molecule has 1 N–H and O–H groups in total. The fourth-order valence-corrected chi connectivity index (χ4v) is 2.59. The first-order valence-electron chi connectivity index (χ1n) is 7.19. The van der Waals surface area contributed by atoms with Crippen molar-refractivity contribution in [2.75, 3.05) is 26.9 Å². The molecular weight excluding hydrogens is 254 g/mol. The number of hydrogen-bond donors (Lipinski definition) is 1. The second-order valence-electron chi connectivity index (χ2n) is 5.38. The number of carbonyl (C=O) groups excluding carboxylic acids is 1. The van der Waals surface area contributed by atoms with Crippen molar-refractivity contribution < 1.29 is 14.3 Å². The SMILES string of the molecule is CCC1(CNC(=O)c2cccc(OC)c2)CCOCC1. The molecule has 1 heterocycles. The molecule has 1 aliphatic heterocycles. The maximum Gasteiger partial charge on any atom is 0.251 e. The molecule has 0 aromatic heterocycles. The Morgan fingerprint density at radius 1 is 1.40 bits per heavy atom. The van der Waals surface area contributed by atoms with E-state index >= 15 is 0 Å². The summed E-state index contributed by atoms with van der Waals surface area (Å²) < 4.78 is 10.6. The second kappa shape index (κ2) is 6.75. The highest BCUT2D eigenvalue weighted by Gasteiger charge is 2.31. The number of ether oxygens (including phenoxy) is 2. The van der Waals surface area contributed by atoms with Crippen LogP contribution in [0.3, 0.4) is 0 Å². The second-order valence-corrected chi connectivity index (χ2v) is 5.38. The predicted molar refractivity (Wildman–Crippen MR) is 78.1 cm³/mol. The highest BCUT2D eigenvalue weighted by atomic mass is 16.5. The van der Waals surface area contributed by atoms with Gasteiger partial charge in [-0.15, -0.1) is 0 Å². The summed E-state index contributed by atoms with van der Waals surface area (Å²) >= 11 is 0. The van der Waals surface area contributed by atoms with Crippen molar-refractivity contribution in [2.24, 2.45) is 5.41 Å². The summed E-state index contributed by atoms with van der Waals surface area (Å²) in [6.45, 7) is 4.48. The Bertz CT molecular complexity index is 453. The van der Waals surface area contributed by atoms with Crippen LogP contribution in [0.4, 0.5) is 0 Å². The van der Waals surface area contributed by atoms with E-state index in [4.69, 9.17) is 9.47 Å². The van der Waals surface area contributed by atoms with E-state index in [1.165, 1.54) is 0 Å². The van der Waals surface area contributed by atoms with Crippen LogP contribution in [0, 0.1) is 5.41 Å². The minimum absolute atomic E-state index is 0.0387. The Kier molecular flexibility index (Phi) is 5.01. The van der Waals surface area contributed by atoms with Gasteiger partial charge >= 0.3 is 0 Å². The molecule has 0 bridgehead atoms. The van der Waals surface area contributed by atoms with Crippen molar-refractivity contribution in [3.8, 4) is 5.75 Å². The topological polar surface area (TPSA) is 47.6 Å². The zero-order valence-electron chi connectivity index (χ0n) is 12.3. The zero-order valence-corrected chi connectivity index (χ0v) is 12.3. The third-order valence-corrected chi connectivity index (χ3v) is 4.26. The lowest BCUT2D eigenvalue weighted by molar-refractivity contribution is 0.0129. The Hall–Kier alpha value is -1.55. The number of methoxy groups -OCH3 is 1. The molecule has 1 saturated heterocycles. The van der Waals surface area contributed by atoms with Gasteiger partial charge in [0.2, 0.25) is 0 Å². The number of rotatable bonds is 5. The van der Waals surface area contributed by atoms with Crippen molar-refractivity contribution in [3.05, 3.63) is 29.8 Å². The van der Waals surface area contributed by atoms with Gasteiger partial charge in [-0.2, -0.15) is 0 Å². The summed E-state index contributed by atoms with van der Waals surface area (Å²) in [4.78, 5) is 12.2. The molecule has 0 radical (unpaired) electrons. The first-order chi connectivity index (χ1) is 9.69. The molecule has 110 valence electrons. The Morgan fingerprint density at radius 2 is 2.15 bits per heavy atom. The van der Waals surface area contributed by atoms with Crippen LogP contribution in [0.2, 0.25) is 0 Å². The van der Waals surface area contributed by atoms with Gasteiger partial charge in [0.25, 0.3) is 5.91 Å². The monoisotopic (exact) mass is 277 g/mol. The standard InChI is InChI=1S/C16H23NO3/c1-3-16(7-9-20-10-8-16)12-17-15(18)13-5-4-6-14(11-13)19-2/h4-6,11H,3,7-10,12H2,1-2H3,(H,17,18). The maximum absolute atomic E-state index is 12.2. The summed E-state index contributed by atoms with van der Waals surface area (Å²) in [5.74, 6) is 0.664. The third-order valence-electron chi connectivity index (χ3n) is 4.26. The maximum atomic E-state index is 12.2. The molecule has 0 aliphatic carbocycles. The molecule has 1 aliphatic rings. The van der Waals surface area contributed by atoms with Gasteiger partial charge in [0, 0.05) is 25.3 Å². The number of benzene rings is 1. The van der Waals surface area contributed by atoms with E-state index in [1.807, 2.05) is 12.1 Å². The molecule has 2 rings (SSSR count). The van der Waals surface area contributed by atoms with Crippen molar-refractivity contribution in [1.82, 2.24) is 5.32 Å². The van der Waals surface area contributed by atoms with Gasteiger partial charge in [0.05, 0.1) is 7.11 Å². The fraction of sp³-hybridized carbons (Fsp3) is 0.562. The molecule has 20 heavy (non-hydrogen) atoms. The zero-order chi connectivity index (χ0) is 14.4. The van der Waals surface area contributed by atoms with E-state index in [9.17, 15) is 4.79 Å². The molecule has 4 heteroatoms. The molecule has 1 amide bonds. The highest BCUT2D eigenvalue weighted by molar-refractivity contribution is 5.94. The van der Waals surface area contributed by atoms with Crippen molar-refractivity contribution in [1.29, 1.82) is 0 Å². The highest BCUT2D eigenvalue weighted by Crippen LogP contribution is 2.33. The molecule has 0 unspecified atom stereocenters. The first kappa shape index (κ1) is 14.9. The Morgan fingerprint density at radius 3 is 2.80 bits per heavy atom. The van der Waals surface area contributed by atoms with Gasteiger partial charge in [0.15, 0.2) is 0 Å². The van der Waals surface area contributed by atoms with Crippen molar-refractivity contribution >= 4 is 5.91 Å². The van der Waals surface area contributed by atoms with Crippen LogP contribution in [0.1, 0.15) is 36.5 Å². The van der Waals surface area contributed by atoms with Crippen LogP contribution in [-0.2, 0) is 4.74 Å². The van der Waals surface area contributed by atoms with Crippen LogP contribution in [-0.4, -0.2) is 32.8 Å². The quantitative estimate of drug-likeness (QED) is 0.900. The minimum Gasteiger partial charge on any atom is -0.497 e. The first-order valence-corrected chi connectivity index (χ1v) is 7.19. The number of nitrogens with one attached hydrogen (secondary N) is 1. The normalized spacial score (nSPS) is 17.5. The van der Waals surface area contributed by atoms with Gasteiger partial charge in [-0.1, -0.05) is 13.0 Å². The molecule has 1 aromatic rings. The van der Waals surface area contributed by atoms with Gasteiger partial charge < -0.3 is 14.8 Å². The fourth-order valence-electron chi connectivity index (χ4n) is 2.59. The van der Waals surface area contributed by atoms with E-state index in [2.05, 4.69) is 12.2 Å². The van der Waals surface area contributed by atoms with Crippen molar-refractivity contribution in [3.63, 3.8) is 0 Å². The molecule has 4 nitrogen and oxygen atoms in total. The lowest BCUT2D eigenvalue weighted by atomic mass is 9.78. The van der Waals surface area contributed by atoms with Gasteiger partial charge in [-0.05, 0) is 42.9 Å². The summed E-state index contributed by atoms with van der Waals surface area (Å²) in [6.07, 6.45) is 3.10. The Labute approximate surface area is 120 Å². The van der Waals surface area contributed by atoms with Gasteiger partial charge in [-0.25, -0.2) is 0 Å². The van der Waals surface area contributed by atoms with E-state index in [-0.39, 0.29) is 11.3 Å². The molecule has 1 aromatic carbocycles. The summed E-state index contributed by atoms with van der Waals surface area (Å²) in [7, 11) is 1.60. The van der Waals surface area contributed by atoms with Crippen LogP contribution >= 0.6 is 0 Å². The Balaban J connectivity index is 1.96. The van der Waals surface area contributed by atoms with Crippen molar-refractivity contribution in [2.45, 2.75) is 26.2 Å².